The monoisotopic (exact) mass is 281 g/mol. The van der Waals surface area contributed by atoms with Crippen LogP contribution in [0.15, 0.2) is 24.3 Å². The lowest BCUT2D eigenvalue weighted by Gasteiger charge is -2.24. The first kappa shape index (κ1) is 14.5. The van der Waals surface area contributed by atoms with E-state index in [0.717, 1.165) is 0 Å². The minimum atomic E-state index is -1.17. The van der Waals surface area contributed by atoms with Crippen molar-refractivity contribution in [2.75, 3.05) is 13.2 Å². The second kappa shape index (κ2) is 6.00. The van der Waals surface area contributed by atoms with Gasteiger partial charge in [0.2, 0.25) is 5.91 Å². The molecule has 2 rings (SSSR count). The first-order valence-electron chi connectivity index (χ1n) is 6.39. The maximum Gasteiger partial charge on any atom is 0.326 e. The minimum absolute atomic E-state index is 0.0775. The molecule has 1 aliphatic heterocycles. The summed E-state index contributed by atoms with van der Waals surface area (Å²) in [5.41, 5.74) is 0.264. The van der Waals surface area contributed by atoms with Gasteiger partial charge in [-0.3, -0.25) is 4.79 Å². The number of rotatable bonds is 5. The van der Waals surface area contributed by atoms with E-state index in [-0.39, 0.29) is 43.4 Å². The third kappa shape index (κ3) is 2.96. The largest absolute Gasteiger partial charge is 0.480 e. The predicted molar refractivity (Wildman–Crippen MR) is 68.4 cm³/mol. The number of carboxylic acids is 1. The van der Waals surface area contributed by atoms with E-state index in [1.165, 1.54) is 23.1 Å². The van der Waals surface area contributed by atoms with Gasteiger partial charge in [0, 0.05) is 31.9 Å². The molecule has 5 nitrogen and oxygen atoms in total. The Morgan fingerprint density at radius 2 is 2.15 bits per heavy atom. The molecule has 1 saturated heterocycles. The molecule has 0 aromatic heterocycles. The maximum absolute atomic E-state index is 13.6. The van der Waals surface area contributed by atoms with Crippen LogP contribution in [0.5, 0.6) is 0 Å². The topological polar surface area (TPSA) is 77.8 Å². The van der Waals surface area contributed by atoms with Crippen LogP contribution in [0.3, 0.4) is 0 Å². The summed E-state index contributed by atoms with van der Waals surface area (Å²) < 4.78 is 13.6. The summed E-state index contributed by atoms with van der Waals surface area (Å²) in [6.45, 7) is 0.0367. The number of halogens is 1. The Balaban J connectivity index is 2.18. The molecule has 1 amide bonds. The van der Waals surface area contributed by atoms with Gasteiger partial charge in [0.25, 0.3) is 0 Å². The van der Waals surface area contributed by atoms with Crippen molar-refractivity contribution in [3.63, 3.8) is 0 Å². The number of carbonyl (C=O) groups is 2. The number of amides is 1. The Hall–Kier alpha value is -1.95. The highest BCUT2D eigenvalue weighted by molar-refractivity contribution is 5.85. The Bertz CT molecular complexity index is 520. The quantitative estimate of drug-likeness (QED) is 0.831. The van der Waals surface area contributed by atoms with E-state index in [2.05, 4.69) is 0 Å². The predicted octanol–water partition coefficient (Wildman–Crippen LogP) is 0.662. The lowest BCUT2D eigenvalue weighted by molar-refractivity contribution is -0.148. The van der Waals surface area contributed by atoms with Crippen molar-refractivity contribution in [1.82, 2.24) is 4.90 Å². The van der Waals surface area contributed by atoms with Gasteiger partial charge in [0.15, 0.2) is 0 Å². The fraction of sp³-hybridized carbons (Fsp3) is 0.429. The van der Waals surface area contributed by atoms with Crippen molar-refractivity contribution in [1.29, 1.82) is 0 Å². The first-order valence-corrected chi connectivity index (χ1v) is 6.39. The van der Waals surface area contributed by atoms with Crippen LogP contribution in [0.25, 0.3) is 0 Å². The van der Waals surface area contributed by atoms with E-state index < -0.39 is 17.8 Å². The molecule has 1 aliphatic rings. The Kier molecular flexibility index (Phi) is 4.34. The number of likely N-dealkylation sites (tertiary alicyclic amines) is 1. The number of aliphatic carboxylic acids is 1. The average Bonchev–Trinajstić information content (AvgIpc) is 2.78. The van der Waals surface area contributed by atoms with Crippen molar-refractivity contribution in [2.45, 2.75) is 18.9 Å². The average molecular weight is 281 g/mol. The number of carboxylic acid groups (broad SMARTS) is 1. The Morgan fingerprint density at radius 1 is 1.45 bits per heavy atom. The first-order chi connectivity index (χ1) is 9.52. The van der Waals surface area contributed by atoms with Crippen molar-refractivity contribution >= 4 is 11.9 Å². The number of benzene rings is 1. The summed E-state index contributed by atoms with van der Waals surface area (Å²) in [5, 5.41) is 18.4. The van der Waals surface area contributed by atoms with Gasteiger partial charge in [-0.1, -0.05) is 18.2 Å². The zero-order chi connectivity index (χ0) is 14.7. The van der Waals surface area contributed by atoms with E-state index in [1.54, 1.807) is 6.07 Å². The van der Waals surface area contributed by atoms with Gasteiger partial charge in [0.05, 0.1) is 0 Å². The summed E-state index contributed by atoms with van der Waals surface area (Å²) in [7, 11) is 0. The number of carbonyl (C=O) groups excluding carboxylic acids is 1. The van der Waals surface area contributed by atoms with Gasteiger partial charge >= 0.3 is 5.97 Å². The van der Waals surface area contributed by atoms with Crippen molar-refractivity contribution < 1.29 is 24.2 Å². The number of hydrogen-bond acceptors (Lipinski definition) is 3. The van der Waals surface area contributed by atoms with Crippen molar-refractivity contribution in [3.8, 4) is 0 Å². The summed E-state index contributed by atoms with van der Waals surface area (Å²) >= 11 is 0. The van der Waals surface area contributed by atoms with Gasteiger partial charge in [-0.15, -0.1) is 0 Å². The SMILES string of the molecule is O=C(O)[C@@H](Cc1ccccc1F)N1CC(CO)CC1=O. The van der Waals surface area contributed by atoms with Gasteiger partial charge in [0.1, 0.15) is 11.9 Å². The summed E-state index contributed by atoms with van der Waals surface area (Å²) in [5.74, 6) is -2.21. The van der Waals surface area contributed by atoms with Crippen LogP contribution < -0.4 is 0 Å². The van der Waals surface area contributed by atoms with Crippen molar-refractivity contribution in [3.05, 3.63) is 35.6 Å². The van der Waals surface area contributed by atoms with Crippen molar-refractivity contribution in [2.24, 2.45) is 5.92 Å². The molecule has 1 heterocycles. The standard InChI is InChI=1S/C14H16FNO4/c15-11-4-2-1-3-10(11)6-12(14(19)20)16-7-9(8-17)5-13(16)18/h1-4,9,12,17H,5-8H2,(H,19,20)/t9?,12-/m1/s1. The fourth-order valence-corrected chi connectivity index (χ4v) is 2.44. The van der Waals surface area contributed by atoms with Gasteiger partial charge in [-0.05, 0) is 11.6 Å². The molecule has 1 unspecified atom stereocenters. The molecule has 2 atom stereocenters. The van der Waals surface area contributed by atoms with E-state index in [4.69, 9.17) is 5.11 Å². The Labute approximate surface area is 115 Å². The third-order valence-electron chi connectivity index (χ3n) is 3.53. The van der Waals surface area contributed by atoms with Gasteiger partial charge < -0.3 is 15.1 Å². The molecule has 1 aromatic carbocycles. The molecule has 2 N–H and O–H groups in total. The van der Waals surface area contributed by atoms with Crippen LogP contribution in [-0.2, 0) is 16.0 Å². The molecule has 20 heavy (non-hydrogen) atoms. The van der Waals surface area contributed by atoms with Crippen LogP contribution in [0.4, 0.5) is 4.39 Å². The Morgan fingerprint density at radius 3 is 2.70 bits per heavy atom. The van der Waals surface area contributed by atoms with Crippen LogP contribution in [0.1, 0.15) is 12.0 Å². The normalized spacial score (nSPS) is 20.2. The van der Waals surface area contributed by atoms with E-state index in [9.17, 15) is 19.1 Å². The van der Waals surface area contributed by atoms with E-state index in [1.807, 2.05) is 0 Å². The maximum atomic E-state index is 13.6. The zero-order valence-corrected chi connectivity index (χ0v) is 10.8. The summed E-state index contributed by atoms with van der Waals surface area (Å²) in [4.78, 5) is 24.4. The highest BCUT2D eigenvalue weighted by Crippen LogP contribution is 2.22. The van der Waals surface area contributed by atoms with E-state index in [0.29, 0.717) is 0 Å². The summed E-state index contributed by atoms with van der Waals surface area (Å²) in [6, 6.07) is 4.82. The number of aliphatic hydroxyl groups excluding tert-OH is 1. The number of aliphatic hydroxyl groups is 1. The molecule has 1 fully saturated rings. The molecule has 1 aromatic rings. The van der Waals surface area contributed by atoms with Gasteiger partial charge in [-0.2, -0.15) is 0 Å². The second-order valence-corrected chi connectivity index (χ2v) is 4.95. The number of hydrogen-bond donors (Lipinski definition) is 2. The second-order valence-electron chi connectivity index (χ2n) is 4.95. The molecule has 0 aliphatic carbocycles. The highest BCUT2D eigenvalue weighted by Gasteiger charge is 2.37. The molecule has 108 valence electrons. The lowest BCUT2D eigenvalue weighted by Crippen LogP contribution is -2.44. The third-order valence-corrected chi connectivity index (χ3v) is 3.53. The molecule has 0 radical (unpaired) electrons. The van der Waals surface area contributed by atoms with Gasteiger partial charge in [-0.25, -0.2) is 9.18 Å². The fourth-order valence-electron chi connectivity index (χ4n) is 2.44. The summed E-state index contributed by atoms with van der Waals surface area (Å²) in [6.07, 6.45) is 0.0590. The zero-order valence-electron chi connectivity index (χ0n) is 10.8. The molecular weight excluding hydrogens is 265 g/mol. The van der Waals surface area contributed by atoms with Crippen LogP contribution in [0, 0.1) is 11.7 Å². The number of nitrogens with zero attached hydrogens (tertiary/aromatic N) is 1. The minimum Gasteiger partial charge on any atom is -0.480 e. The molecule has 6 heteroatoms. The lowest BCUT2D eigenvalue weighted by atomic mass is 10.0. The molecule has 0 saturated carbocycles. The van der Waals surface area contributed by atoms with E-state index >= 15 is 0 Å². The molecule has 0 spiro atoms. The van der Waals surface area contributed by atoms with Crippen LogP contribution in [-0.4, -0.2) is 46.2 Å². The smallest absolute Gasteiger partial charge is 0.326 e. The highest BCUT2D eigenvalue weighted by atomic mass is 19.1. The molecule has 0 bridgehead atoms. The van der Waals surface area contributed by atoms with Crippen LogP contribution >= 0.6 is 0 Å². The van der Waals surface area contributed by atoms with Crippen LogP contribution in [0.2, 0.25) is 0 Å². The molecular formula is C14H16FNO4.